The minimum absolute atomic E-state index is 0.284. The Morgan fingerprint density at radius 1 is 1.26 bits per heavy atom. The third-order valence-corrected chi connectivity index (χ3v) is 4.65. The summed E-state index contributed by atoms with van der Waals surface area (Å²) in [5.41, 5.74) is -0.949. The predicted octanol–water partition coefficient (Wildman–Crippen LogP) is 2.28. The topological polar surface area (TPSA) is 53.2 Å². The summed E-state index contributed by atoms with van der Waals surface area (Å²) in [4.78, 5) is 0. The molecule has 19 heavy (non-hydrogen) atoms. The minimum atomic E-state index is -1.25. The molecule has 1 fully saturated rings. The number of halogens is 1. The van der Waals surface area contributed by atoms with Crippen molar-refractivity contribution in [3.63, 3.8) is 0 Å². The van der Waals surface area contributed by atoms with Crippen LogP contribution in [0.5, 0.6) is 0 Å². The van der Waals surface area contributed by atoms with Crippen molar-refractivity contribution in [3.05, 3.63) is 35.1 Å². The van der Waals surface area contributed by atoms with Gasteiger partial charge in [-0.2, -0.15) is 5.26 Å². The van der Waals surface area contributed by atoms with Gasteiger partial charge < -0.3 is 9.84 Å². The van der Waals surface area contributed by atoms with E-state index in [2.05, 4.69) is 6.07 Å². The fourth-order valence-corrected chi connectivity index (χ4v) is 3.48. The number of benzene rings is 1. The largest absolute Gasteiger partial charge is 0.383 e. The van der Waals surface area contributed by atoms with E-state index in [1.165, 1.54) is 6.07 Å². The Labute approximate surface area is 111 Å². The molecule has 1 aliphatic heterocycles. The van der Waals surface area contributed by atoms with Crippen LogP contribution in [-0.4, -0.2) is 18.3 Å². The zero-order valence-corrected chi connectivity index (χ0v) is 10.7. The molecule has 1 aromatic rings. The summed E-state index contributed by atoms with van der Waals surface area (Å²) in [6, 6.07) is 7.07. The van der Waals surface area contributed by atoms with Gasteiger partial charge in [0.2, 0.25) is 0 Å². The van der Waals surface area contributed by atoms with Crippen molar-refractivity contribution in [3.8, 4) is 6.07 Å². The van der Waals surface area contributed by atoms with E-state index in [0.717, 1.165) is 0 Å². The van der Waals surface area contributed by atoms with Gasteiger partial charge in [-0.15, -0.1) is 0 Å². The lowest BCUT2D eigenvalue weighted by Gasteiger charge is -2.43. The summed E-state index contributed by atoms with van der Waals surface area (Å²) in [6.45, 7) is 0.945. The van der Waals surface area contributed by atoms with Crippen LogP contribution in [0.4, 0.5) is 4.39 Å². The van der Waals surface area contributed by atoms with Crippen molar-refractivity contribution in [1.82, 2.24) is 0 Å². The summed E-state index contributed by atoms with van der Waals surface area (Å²) in [7, 11) is 0. The van der Waals surface area contributed by atoms with Gasteiger partial charge in [-0.25, -0.2) is 4.39 Å². The maximum Gasteiger partial charge on any atom is 0.126 e. The fourth-order valence-electron chi connectivity index (χ4n) is 3.48. The van der Waals surface area contributed by atoms with Gasteiger partial charge in [-0.1, -0.05) is 12.1 Å². The van der Waals surface area contributed by atoms with Gasteiger partial charge in [0.1, 0.15) is 11.4 Å². The van der Waals surface area contributed by atoms with Crippen molar-refractivity contribution in [2.45, 2.75) is 31.3 Å². The zero-order chi connectivity index (χ0) is 13.5. The van der Waals surface area contributed by atoms with E-state index in [4.69, 9.17) is 4.74 Å². The van der Waals surface area contributed by atoms with Crippen molar-refractivity contribution < 1.29 is 14.2 Å². The third-order valence-electron chi connectivity index (χ3n) is 4.65. The Kier molecular flexibility index (Phi) is 2.84. The molecule has 0 aromatic heterocycles. The van der Waals surface area contributed by atoms with E-state index < -0.39 is 11.0 Å². The molecule has 1 heterocycles. The molecule has 4 heteroatoms. The lowest BCUT2D eigenvalue weighted by molar-refractivity contribution is -0.108. The van der Waals surface area contributed by atoms with Crippen LogP contribution in [0.2, 0.25) is 0 Å². The molecule has 3 rings (SSSR count). The van der Waals surface area contributed by atoms with Crippen LogP contribution in [0.1, 0.15) is 30.4 Å². The van der Waals surface area contributed by atoms with E-state index in [0.29, 0.717) is 50.0 Å². The fraction of sp³-hybridized carbons (Fsp3) is 0.533. The minimum Gasteiger partial charge on any atom is -0.383 e. The highest BCUT2D eigenvalue weighted by atomic mass is 19.1. The lowest BCUT2D eigenvalue weighted by atomic mass is 9.65. The molecule has 0 amide bonds. The Morgan fingerprint density at radius 2 is 2.00 bits per heavy atom. The second-order valence-corrected chi connectivity index (χ2v) is 5.43. The molecule has 0 bridgehead atoms. The highest BCUT2D eigenvalue weighted by Crippen LogP contribution is 2.53. The average molecular weight is 261 g/mol. The number of aliphatic hydroxyl groups is 1. The number of nitrogens with zero attached hydrogens (tertiary/aromatic N) is 1. The molecule has 1 atom stereocenters. The summed E-state index contributed by atoms with van der Waals surface area (Å²) in [5, 5.41) is 20.7. The Hall–Kier alpha value is -1.44. The molecule has 0 saturated carbocycles. The molecular weight excluding hydrogens is 245 g/mol. The van der Waals surface area contributed by atoms with Crippen molar-refractivity contribution >= 4 is 0 Å². The van der Waals surface area contributed by atoms with Gasteiger partial charge in [0.15, 0.2) is 0 Å². The summed E-state index contributed by atoms with van der Waals surface area (Å²) in [6.07, 6.45) is 1.89. The first kappa shape index (κ1) is 12.6. The SMILES string of the molecule is N#CC1(C2(O)CCc3c(F)cccc32)CCOCC1. The van der Waals surface area contributed by atoms with Crippen LogP contribution < -0.4 is 0 Å². The van der Waals surface area contributed by atoms with Gasteiger partial charge in [0, 0.05) is 13.2 Å². The van der Waals surface area contributed by atoms with E-state index in [9.17, 15) is 14.8 Å². The number of nitriles is 1. The van der Waals surface area contributed by atoms with E-state index in [1.807, 2.05) is 0 Å². The van der Waals surface area contributed by atoms with Crippen LogP contribution in [0.3, 0.4) is 0 Å². The molecule has 1 unspecified atom stereocenters. The van der Waals surface area contributed by atoms with Crippen LogP contribution >= 0.6 is 0 Å². The van der Waals surface area contributed by atoms with Crippen molar-refractivity contribution in [2.24, 2.45) is 5.41 Å². The molecule has 100 valence electrons. The standard InChI is InChI=1S/C15H16FNO2/c16-13-3-1-2-12-11(13)4-5-15(12,18)14(10-17)6-8-19-9-7-14/h1-3,18H,4-9H2. The van der Waals surface area contributed by atoms with Gasteiger partial charge in [0.25, 0.3) is 0 Å². The van der Waals surface area contributed by atoms with Crippen LogP contribution in [0.15, 0.2) is 18.2 Å². The number of hydrogen-bond donors (Lipinski definition) is 1. The second kappa shape index (κ2) is 4.29. The first-order valence-electron chi connectivity index (χ1n) is 6.62. The molecule has 1 aliphatic carbocycles. The zero-order valence-electron chi connectivity index (χ0n) is 10.7. The van der Waals surface area contributed by atoms with Crippen molar-refractivity contribution in [1.29, 1.82) is 5.26 Å². The van der Waals surface area contributed by atoms with Gasteiger partial charge in [0.05, 0.1) is 11.5 Å². The molecule has 1 aromatic carbocycles. The third kappa shape index (κ3) is 1.62. The normalized spacial score (nSPS) is 28.7. The molecular formula is C15H16FNO2. The Morgan fingerprint density at radius 3 is 2.68 bits per heavy atom. The average Bonchev–Trinajstić information content (AvgIpc) is 2.80. The summed E-state index contributed by atoms with van der Waals surface area (Å²) < 4.78 is 19.1. The van der Waals surface area contributed by atoms with Gasteiger partial charge >= 0.3 is 0 Å². The molecule has 1 N–H and O–H groups in total. The maximum absolute atomic E-state index is 13.8. The van der Waals surface area contributed by atoms with E-state index in [-0.39, 0.29) is 5.82 Å². The molecule has 0 spiro atoms. The second-order valence-electron chi connectivity index (χ2n) is 5.43. The van der Waals surface area contributed by atoms with Crippen molar-refractivity contribution in [2.75, 3.05) is 13.2 Å². The molecule has 2 aliphatic rings. The molecule has 0 radical (unpaired) electrons. The van der Waals surface area contributed by atoms with E-state index >= 15 is 0 Å². The maximum atomic E-state index is 13.8. The number of hydrogen-bond acceptors (Lipinski definition) is 3. The Balaban J connectivity index is 2.11. The number of rotatable bonds is 1. The highest BCUT2D eigenvalue weighted by Gasteiger charge is 2.55. The summed E-state index contributed by atoms with van der Waals surface area (Å²) in [5.74, 6) is -0.284. The van der Waals surface area contributed by atoms with Crippen LogP contribution in [0, 0.1) is 22.6 Å². The highest BCUT2D eigenvalue weighted by molar-refractivity contribution is 5.42. The lowest BCUT2D eigenvalue weighted by Crippen LogP contribution is -2.47. The monoisotopic (exact) mass is 261 g/mol. The smallest absolute Gasteiger partial charge is 0.126 e. The number of ether oxygens (including phenoxy) is 1. The molecule has 3 nitrogen and oxygen atoms in total. The predicted molar refractivity (Wildman–Crippen MR) is 66.7 cm³/mol. The quantitative estimate of drug-likeness (QED) is 0.843. The van der Waals surface area contributed by atoms with Gasteiger partial charge in [-0.3, -0.25) is 0 Å². The van der Waals surface area contributed by atoms with Crippen LogP contribution in [-0.2, 0) is 16.8 Å². The molecule has 1 saturated heterocycles. The Bertz CT molecular complexity index is 546. The van der Waals surface area contributed by atoms with Gasteiger partial charge in [-0.05, 0) is 42.9 Å². The van der Waals surface area contributed by atoms with E-state index in [1.54, 1.807) is 12.1 Å². The summed E-state index contributed by atoms with van der Waals surface area (Å²) >= 11 is 0. The number of fused-ring (bicyclic) bond motifs is 1. The first-order chi connectivity index (χ1) is 9.13. The first-order valence-corrected chi connectivity index (χ1v) is 6.62. The van der Waals surface area contributed by atoms with Crippen LogP contribution in [0.25, 0.3) is 0 Å².